The van der Waals surface area contributed by atoms with Gasteiger partial charge in [-0.1, -0.05) is 59.8 Å². The molecule has 37 heavy (non-hydrogen) atoms. The van der Waals surface area contributed by atoms with Crippen LogP contribution in [0.15, 0.2) is 11.8 Å². The number of ether oxygens (including phenoxy) is 2. The third-order valence-corrected chi connectivity index (χ3v) is 8.55. The summed E-state index contributed by atoms with van der Waals surface area (Å²) in [6, 6.07) is 0. The second kappa shape index (κ2) is 12.8. The molecule has 3 rings (SSSR count). The number of carbonyl (C=O) groups excluding carboxylic acids is 3. The molecule has 2 saturated heterocycles. The Labute approximate surface area is 224 Å². The number of piperidine rings is 2. The highest BCUT2D eigenvalue weighted by atomic mass is 16.5. The van der Waals surface area contributed by atoms with Crippen LogP contribution in [0.2, 0.25) is 0 Å². The van der Waals surface area contributed by atoms with Crippen molar-refractivity contribution in [3.05, 3.63) is 11.8 Å². The highest BCUT2D eigenvalue weighted by Gasteiger charge is 2.60. The molecule has 4 atom stereocenters. The molecule has 0 aromatic carbocycles. The van der Waals surface area contributed by atoms with Gasteiger partial charge in [0.25, 0.3) is 0 Å². The van der Waals surface area contributed by atoms with Crippen molar-refractivity contribution in [3.8, 4) is 0 Å². The highest BCUT2D eigenvalue weighted by Crippen LogP contribution is 2.52. The smallest absolute Gasteiger partial charge is 0.320 e. The Hall–Kier alpha value is -1.89. The fourth-order valence-electron chi connectivity index (χ4n) is 6.21. The molecule has 210 valence electrons. The van der Waals surface area contributed by atoms with Gasteiger partial charge in [0.05, 0.1) is 19.3 Å². The van der Waals surface area contributed by atoms with Gasteiger partial charge in [-0.2, -0.15) is 0 Å². The average Bonchev–Trinajstić information content (AvgIpc) is 2.87. The summed E-state index contributed by atoms with van der Waals surface area (Å²) in [6.07, 6.45) is 11.5. The number of amides is 2. The van der Waals surface area contributed by atoms with Crippen LogP contribution in [0.3, 0.4) is 0 Å². The van der Waals surface area contributed by atoms with E-state index in [0.29, 0.717) is 6.54 Å². The molecule has 2 fully saturated rings. The maximum absolute atomic E-state index is 14.0. The number of hydrogen-bond donors (Lipinski definition) is 0. The molecule has 0 aromatic heterocycles. The van der Waals surface area contributed by atoms with Crippen molar-refractivity contribution < 1.29 is 23.9 Å². The number of fused-ring (bicyclic) bond motifs is 1. The van der Waals surface area contributed by atoms with Crippen molar-refractivity contribution >= 4 is 17.8 Å². The summed E-state index contributed by atoms with van der Waals surface area (Å²) in [4.78, 5) is 44.5. The molecule has 7 heteroatoms. The van der Waals surface area contributed by atoms with E-state index in [1.54, 1.807) is 0 Å². The lowest BCUT2D eigenvalue weighted by Gasteiger charge is -2.53. The monoisotopic (exact) mass is 518 g/mol. The molecule has 3 aliphatic rings. The van der Waals surface area contributed by atoms with E-state index in [2.05, 4.69) is 27.7 Å². The van der Waals surface area contributed by atoms with Crippen LogP contribution in [-0.2, 0) is 23.9 Å². The number of likely N-dealkylation sites (tertiary alicyclic amines) is 2. The minimum Gasteiger partial charge on any atom is -0.468 e. The topological polar surface area (TPSA) is 76.2 Å². The van der Waals surface area contributed by atoms with Crippen LogP contribution in [0.4, 0.5) is 0 Å². The largest absolute Gasteiger partial charge is 0.468 e. The van der Waals surface area contributed by atoms with Gasteiger partial charge < -0.3 is 19.3 Å². The minimum atomic E-state index is -1.10. The highest BCUT2D eigenvalue weighted by molar-refractivity contribution is 5.92. The normalized spacial score (nSPS) is 28.5. The summed E-state index contributed by atoms with van der Waals surface area (Å²) in [6.45, 7) is 12.5. The first-order valence-electron chi connectivity index (χ1n) is 14.6. The number of rotatable bonds is 10. The summed E-state index contributed by atoms with van der Waals surface area (Å²) >= 11 is 0. The number of hydrogen-bond acceptors (Lipinski definition) is 5. The quantitative estimate of drug-likeness (QED) is 0.283. The predicted octanol–water partition coefficient (Wildman–Crippen LogP) is 5.47. The summed E-state index contributed by atoms with van der Waals surface area (Å²) in [5.41, 5.74) is -0.572. The second-order valence-electron chi connectivity index (χ2n) is 12.4. The van der Waals surface area contributed by atoms with Crippen LogP contribution in [-0.4, -0.2) is 66.5 Å². The molecule has 0 aliphatic carbocycles. The molecule has 0 saturated carbocycles. The van der Waals surface area contributed by atoms with Gasteiger partial charge in [0, 0.05) is 37.7 Å². The second-order valence-corrected chi connectivity index (χ2v) is 12.4. The van der Waals surface area contributed by atoms with Crippen LogP contribution in [0.1, 0.15) is 105 Å². The summed E-state index contributed by atoms with van der Waals surface area (Å²) < 4.78 is 11.8. The lowest BCUT2D eigenvalue weighted by Crippen LogP contribution is -2.61. The zero-order valence-electron chi connectivity index (χ0n) is 24.1. The Morgan fingerprint density at radius 3 is 2.35 bits per heavy atom. The van der Waals surface area contributed by atoms with Crippen molar-refractivity contribution in [2.45, 2.75) is 117 Å². The van der Waals surface area contributed by atoms with Gasteiger partial charge >= 0.3 is 5.97 Å². The average molecular weight is 519 g/mol. The van der Waals surface area contributed by atoms with Gasteiger partial charge in [-0.15, -0.1) is 0 Å². The van der Waals surface area contributed by atoms with Crippen molar-refractivity contribution in [2.75, 3.05) is 26.7 Å². The zero-order valence-corrected chi connectivity index (χ0v) is 24.1. The molecule has 7 nitrogen and oxygen atoms in total. The van der Waals surface area contributed by atoms with Crippen LogP contribution in [0.25, 0.3) is 0 Å². The predicted molar refractivity (Wildman–Crippen MR) is 145 cm³/mol. The maximum Gasteiger partial charge on any atom is 0.320 e. The van der Waals surface area contributed by atoms with Gasteiger partial charge in [-0.25, -0.2) is 0 Å². The molecule has 3 aliphatic heterocycles. The Bertz CT molecular complexity index is 841. The van der Waals surface area contributed by atoms with Crippen molar-refractivity contribution in [1.29, 1.82) is 0 Å². The standard InChI is InChI=1S/C30H50N2O5/c1-7-8-9-10-11-15-18-32-24-20-25(29(3,4)5)37-22(2)30(24,28(35)36-6)21-23(27(32)34)19-26(33)31-16-13-12-14-17-31/h20,22-23,25H,7-19,21H2,1-6H3/t22-,23+,25-,30+/m1/s1. The SMILES string of the molecule is CCCCCCCCN1C(=O)[C@@H](CC(=O)N2CCCCC2)C[C@@]2(C(=O)OC)C1=C[C@H](C(C)(C)C)O[C@@H]2C. The number of nitrogens with zero attached hydrogens (tertiary/aromatic N) is 2. The number of esters is 1. The first-order valence-corrected chi connectivity index (χ1v) is 14.6. The molecular weight excluding hydrogens is 468 g/mol. The van der Waals surface area contributed by atoms with Crippen molar-refractivity contribution in [1.82, 2.24) is 9.80 Å². The van der Waals surface area contributed by atoms with Crippen molar-refractivity contribution in [2.24, 2.45) is 16.7 Å². The number of unbranched alkanes of at least 4 members (excludes halogenated alkanes) is 5. The molecular formula is C30H50N2O5. The summed E-state index contributed by atoms with van der Waals surface area (Å²) in [7, 11) is 1.40. The van der Waals surface area contributed by atoms with E-state index >= 15 is 0 Å². The fourth-order valence-corrected chi connectivity index (χ4v) is 6.21. The van der Waals surface area contributed by atoms with E-state index in [1.165, 1.54) is 26.4 Å². The van der Waals surface area contributed by atoms with E-state index in [4.69, 9.17) is 9.47 Å². The Kier molecular flexibility index (Phi) is 10.2. The van der Waals surface area contributed by atoms with E-state index < -0.39 is 17.4 Å². The summed E-state index contributed by atoms with van der Waals surface area (Å²) in [5, 5.41) is 0. The maximum atomic E-state index is 14.0. The first kappa shape index (κ1) is 29.7. The molecule has 0 bridgehead atoms. The van der Waals surface area contributed by atoms with E-state index in [0.717, 1.165) is 57.3 Å². The van der Waals surface area contributed by atoms with E-state index in [-0.39, 0.29) is 42.1 Å². The van der Waals surface area contributed by atoms with Crippen LogP contribution in [0.5, 0.6) is 0 Å². The van der Waals surface area contributed by atoms with E-state index in [1.807, 2.05) is 22.8 Å². The fraction of sp³-hybridized carbons (Fsp3) is 0.833. The Balaban J connectivity index is 1.94. The van der Waals surface area contributed by atoms with E-state index in [9.17, 15) is 14.4 Å². The Morgan fingerprint density at radius 1 is 1.08 bits per heavy atom. The number of methoxy groups -OCH3 is 1. The van der Waals surface area contributed by atoms with Gasteiger partial charge in [0.15, 0.2) is 0 Å². The third kappa shape index (κ3) is 6.58. The van der Waals surface area contributed by atoms with Crippen LogP contribution >= 0.6 is 0 Å². The molecule has 2 amide bonds. The third-order valence-electron chi connectivity index (χ3n) is 8.55. The van der Waals surface area contributed by atoms with Crippen LogP contribution in [0, 0.1) is 16.7 Å². The molecule has 0 N–H and O–H groups in total. The molecule has 3 heterocycles. The molecule has 0 radical (unpaired) electrons. The minimum absolute atomic E-state index is 0.0157. The van der Waals surface area contributed by atoms with Crippen LogP contribution < -0.4 is 0 Å². The molecule has 0 aromatic rings. The lowest BCUT2D eigenvalue weighted by atomic mass is 9.65. The van der Waals surface area contributed by atoms with Gasteiger partial charge in [-0.3, -0.25) is 14.4 Å². The molecule has 0 unspecified atom stereocenters. The van der Waals surface area contributed by atoms with Gasteiger partial charge in [-0.05, 0) is 50.5 Å². The Morgan fingerprint density at radius 2 is 1.73 bits per heavy atom. The summed E-state index contributed by atoms with van der Waals surface area (Å²) in [5.74, 6) is -0.967. The lowest BCUT2D eigenvalue weighted by molar-refractivity contribution is -0.180. The zero-order chi connectivity index (χ0) is 27.2. The first-order chi connectivity index (χ1) is 17.6. The van der Waals surface area contributed by atoms with Gasteiger partial charge in [0.1, 0.15) is 5.41 Å². The molecule has 0 spiro atoms. The number of carbonyl (C=O) groups is 3. The van der Waals surface area contributed by atoms with Crippen molar-refractivity contribution in [3.63, 3.8) is 0 Å². The van der Waals surface area contributed by atoms with Gasteiger partial charge in [0.2, 0.25) is 11.8 Å².